The molecule has 0 atom stereocenters. The van der Waals surface area contributed by atoms with Crippen LogP contribution < -0.4 is 0 Å². The van der Waals surface area contributed by atoms with Crippen molar-refractivity contribution in [2.24, 2.45) is 0 Å². The van der Waals surface area contributed by atoms with E-state index in [0.717, 1.165) is 115 Å². The molecule has 12 aromatic rings. The van der Waals surface area contributed by atoms with Crippen LogP contribution in [-0.4, -0.2) is 4.57 Å². The van der Waals surface area contributed by atoms with Crippen LogP contribution in [0.4, 0.5) is 0 Å². The van der Waals surface area contributed by atoms with Gasteiger partial charge in [-0.1, -0.05) is 60.7 Å². The van der Waals surface area contributed by atoms with Crippen molar-refractivity contribution < 1.29 is 0 Å². The molecule has 3 aromatic heterocycles. The summed E-state index contributed by atoms with van der Waals surface area (Å²) in [7, 11) is 0. The Kier molecular flexibility index (Phi) is 10.0. The maximum atomic E-state index is 11.2. The van der Waals surface area contributed by atoms with Gasteiger partial charge >= 0.3 is 0 Å². The van der Waals surface area contributed by atoms with Gasteiger partial charge in [0, 0.05) is 84.6 Å². The zero-order valence-electron chi connectivity index (χ0n) is 39.8. The standard InChI is InChI=1S/C64H41N5S2/c1-34-26-44(69-51-16-10-7-13-46(51)49-29-55-50(28-52(49)69)47-14-8-11-17-53(47)70-55)19-20-45(34)59-61(56-35(2)21-40(30-65)22-36(56)3)63(58-39(6)25-42(32-67)27-43(58)33-68)62(57-37(4)23-41(31-66)24-38(57)5)60-48-15-9-12-18-54(48)71-64(59)60/h7-29H,1-6H3. The molecule has 5 nitrogen and oxygen atoms in total. The summed E-state index contributed by atoms with van der Waals surface area (Å²) in [5.41, 5.74) is 18.5. The first-order chi connectivity index (χ1) is 34.5. The molecule has 0 N–H and O–H groups in total. The van der Waals surface area contributed by atoms with Gasteiger partial charge in [0.25, 0.3) is 0 Å². The van der Waals surface area contributed by atoms with E-state index in [2.05, 4.69) is 167 Å². The van der Waals surface area contributed by atoms with E-state index < -0.39 is 0 Å². The number of benzene rings is 9. The molecule has 7 heteroatoms. The summed E-state index contributed by atoms with van der Waals surface area (Å²) in [6, 6.07) is 58.5. The molecular weight excluding hydrogens is 903 g/mol. The second kappa shape index (κ2) is 16.4. The third-order valence-corrected chi connectivity index (χ3v) is 16.7. The lowest BCUT2D eigenvalue weighted by atomic mass is 9.75. The summed E-state index contributed by atoms with van der Waals surface area (Å²) < 4.78 is 7.16. The Morgan fingerprint density at radius 3 is 1.52 bits per heavy atom. The lowest BCUT2D eigenvalue weighted by molar-refractivity contribution is 1.17. The average molecular weight is 944 g/mol. The second-order valence-corrected chi connectivity index (χ2v) is 20.9. The summed E-state index contributed by atoms with van der Waals surface area (Å²) in [6.07, 6.45) is 0. The number of fused-ring (bicyclic) bond motifs is 9. The molecule has 334 valence electrons. The van der Waals surface area contributed by atoms with E-state index in [9.17, 15) is 21.0 Å². The maximum absolute atomic E-state index is 11.2. The molecule has 9 aromatic carbocycles. The second-order valence-electron chi connectivity index (χ2n) is 18.8. The predicted molar refractivity (Wildman–Crippen MR) is 296 cm³/mol. The molecule has 0 saturated carbocycles. The van der Waals surface area contributed by atoms with Crippen LogP contribution in [-0.2, 0) is 0 Å². The number of hydrogen-bond donors (Lipinski definition) is 0. The average Bonchev–Trinajstić information content (AvgIpc) is 4.04. The van der Waals surface area contributed by atoms with Gasteiger partial charge in [0.15, 0.2) is 0 Å². The van der Waals surface area contributed by atoms with Gasteiger partial charge in [0.2, 0.25) is 0 Å². The van der Waals surface area contributed by atoms with Crippen molar-refractivity contribution in [2.45, 2.75) is 41.5 Å². The number of aryl methyl sites for hydroxylation is 6. The monoisotopic (exact) mass is 943 g/mol. The molecule has 0 amide bonds. The van der Waals surface area contributed by atoms with Crippen LogP contribution in [0.2, 0.25) is 0 Å². The van der Waals surface area contributed by atoms with E-state index in [4.69, 9.17) is 0 Å². The van der Waals surface area contributed by atoms with Crippen LogP contribution in [0.15, 0.2) is 140 Å². The summed E-state index contributed by atoms with van der Waals surface area (Å²) in [5.74, 6) is 0. The zero-order valence-corrected chi connectivity index (χ0v) is 41.5. The third kappa shape index (κ3) is 6.53. The van der Waals surface area contributed by atoms with Crippen molar-refractivity contribution in [1.29, 1.82) is 21.0 Å². The van der Waals surface area contributed by atoms with Crippen molar-refractivity contribution >= 4 is 84.8 Å². The zero-order chi connectivity index (χ0) is 49.0. The molecular formula is C64H41N5S2. The van der Waals surface area contributed by atoms with Crippen molar-refractivity contribution in [2.75, 3.05) is 0 Å². The Hall–Kier alpha value is -8.82. The number of hydrogen-bond acceptors (Lipinski definition) is 6. The van der Waals surface area contributed by atoms with E-state index in [0.29, 0.717) is 22.3 Å². The molecule has 0 bridgehead atoms. The van der Waals surface area contributed by atoms with E-state index >= 15 is 0 Å². The summed E-state index contributed by atoms with van der Waals surface area (Å²) in [6.45, 7) is 12.5. The fraction of sp³-hybridized carbons (Fsp3) is 0.0938. The van der Waals surface area contributed by atoms with Crippen molar-refractivity contribution in [1.82, 2.24) is 4.57 Å². The van der Waals surface area contributed by atoms with Crippen LogP contribution in [0.3, 0.4) is 0 Å². The van der Waals surface area contributed by atoms with Crippen LogP contribution in [0, 0.1) is 86.9 Å². The van der Waals surface area contributed by atoms with E-state index in [1.165, 1.54) is 30.9 Å². The first-order valence-electron chi connectivity index (χ1n) is 23.5. The Bertz CT molecular complexity index is 4480. The first-order valence-corrected chi connectivity index (χ1v) is 25.1. The molecule has 0 aliphatic carbocycles. The molecule has 12 rings (SSSR count). The third-order valence-electron chi connectivity index (χ3n) is 14.4. The highest BCUT2D eigenvalue weighted by molar-refractivity contribution is 7.26. The fourth-order valence-electron chi connectivity index (χ4n) is 11.6. The Labute approximate surface area is 419 Å². The Morgan fingerprint density at radius 2 is 0.901 bits per heavy atom. The van der Waals surface area contributed by atoms with Crippen LogP contribution in [0.1, 0.15) is 55.6 Å². The van der Waals surface area contributed by atoms with Crippen LogP contribution in [0.25, 0.3) is 112 Å². The van der Waals surface area contributed by atoms with Crippen LogP contribution >= 0.6 is 22.7 Å². The number of rotatable bonds is 5. The molecule has 0 aliphatic heterocycles. The van der Waals surface area contributed by atoms with Gasteiger partial charge in [-0.25, -0.2) is 0 Å². The maximum Gasteiger partial charge on any atom is 0.0998 e. The number of aromatic nitrogens is 1. The normalized spacial score (nSPS) is 11.5. The molecule has 0 spiro atoms. The molecule has 0 saturated heterocycles. The van der Waals surface area contributed by atoms with Crippen LogP contribution in [0.5, 0.6) is 0 Å². The van der Waals surface area contributed by atoms with Gasteiger partial charge in [-0.15, -0.1) is 22.7 Å². The van der Waals surface area contributed by atoms with Crippen molar-refractivity contribution in [3.63, 3.8) is 0 Å². The lowest BCUT2D eigenvalue weighted by Crippen LogP contribution is -2.04. The first kappa shape index (κ1) is 43.5. The van der Waals surface area contributed by atoms with E-state index in [1.807, 2.05) is 48.6 Å². The smallest absolute Gasteiger partial charge is 0.0998 e. The van der Waals surface area contributed by atoms with Crippen molar-refractivity contribution in [3.05, 3.63) is 195 Å². The van der Waals surface area contributed by atoms with E-state index in [1.54, 1.807) is 17.4 Å². The highest BCUT2D eigenvalue weighted by atomic mass is 32.1. The van der Waals surface area contributed by atoms with Gasteiger partial charge in [-0.05, 0) is 170 Å². The minimum absolute atomic E-state index is 0.396. The largest absolute Gasteiger partial charge is 0.309 e. The quantitative estimate of drug-likeness (QED) is 0.172. The van der Waals surface area contributed by atoms with Gasteiger partial charge in [-0.2, -0.15) is 21.0 Å². The lowest BCUT2D eigenvalue weighted by Gasteiger charge is -2.28. The molecule has 0 unspecified atom stereocenters. The van der Waals surface area contributed by atoms with Gasteiger partial charge < -0.3 is 4.57 Å². The summed E-state index contributed by atoms with van der Waals surface area (Å²) in [4.78, 5) is 0. The molecule has 3 heterocycles. The predicted octanol–water partition coefficient (Wildman–Crippen LogP) is 17.5. The number of nitrogens with zero attached hydrogens (tertiary/aromatic N) is 5. The minimum Gasteiger partial charge on any atom is -0.309 e. The summed E-state index contributed by atoms with van der Waals surface area (Å²) in [5, 5.41) is 49.1. The number of thiophene rings is 2. The SMILES string of the molecule is Cc1cc(-n2c3ccccc3c3cc4sc5ccccc5c4cc32)ccc1-c1c(-c2c(C)cc(C#N)cc2C)c(-c2c(C)cc(C#N)cc2C#N)c(-c2c(C)cc(C#N)cc2C)c2c1sc1ccccc12. The molecule has 0 radical (unpaired) electrons. The highest BCUT2D eigenvalue weighted by Crippen LogP contribution is 2.58. The molecule has 71 heavy (non-hydrogen) atoms. The minimum atomic E-state index is 0.396. The number of para-hydroxylation sites is 1. The van der Waals surface area contributed by atoms with Gasteiger partial charge in [0.1, 0.15) is 0 Å². The molecule has 0 aliphatic rings. The topological polar surface area (TPSA) is 100 Å². The fourth-order valence-corrected chi connectivity index (χ4v) is 14.0. The van der Waals surface area contributed by atoms with Gasteiger partial charge in [-0.3, -0.25) is 0 Å². The Morgan fingerprint density at radius 1 is 0.366 bits per heavy atom. The van der Waals surface area contributed by atoms with Gasteiger partial charge in [0.05, 0.1) is 57.6 Å². The Balaban J connectivity index is 1.27. The number of nitriles is 4. The highest BCUT2D eigenvalue weighted by Gasteiger charge is 2.32. The summed E-state index contributed by atoms with van der Waals surface area (Å²) >= 11 is 3.60. The van der Waals surface area contributed by atoms with E-state index in [-0.39, 0.29) is 0 Å². The van der Waals surface area contributed by atoms with Crippen molar-refractivity contribution in [3.8, 4) is 74.5 Å². The molecule has 0 fully saturated rings.